The van der Waals surface area contributed by atoms with Crippen molar-refractivity contribution in [2.24, 2.45) is 12.0 Å². The summed E-state index contributed by atoms with van der Waals surface area (Å²) in [6.07, 6.45) is 1.93. The van der Waals surface area contributed by atoms with Crippen LogP contribution in [0.1, 0.15) is 22.3 Å². The van der Waals surface area contributed by atoms with Crippen LogP contribution in [0.2, 0.25) is 0 Å². The number of fused-ring (bicyclic) bond motifs is 2. The van der Waals surface area contributed by atoms with Crippen LogP contribution >= 0.6 is 23.1 Å². The highest BCUT2D eigenvalue weighted by Gasteiger charge is 2.22. The van der Waals surface area contributed by atoms with Crippen molar-refractivity contribution in [3.63, 3.8) is 0 Å². The fraction of sp³-hybridized carbons (Fsp3) is 0.304. The number of aromatic nitrogens is 1. The number of amides is 2. The van der Waals surface area contributed by atoms with Gasteiger partial charge in [0.15, 0.2) is 4.80 Å². The summed E-state index contributed by atoms with van der Waals surface area (Å²) in [4.78, 5) is 43.5. The molecule has 0 atom stereocenters. The third kappa shape index (κ3) is 4.63. The number of ether oxygens (including phenoxy) is 1. The fourth-order valence-corrected chi connectivity index (χ4v) is 5.47. The molecule has 7 nitrogen and oxygen atoms in total. The highest BCUT2D eigenvalue weighted by atomic mass is 32.2. The van der Waals surface area contributed by atoms with E-state index in [2.05, 4.69) is 11.1 Å². The number of anilines is 1. The quantitative estimate of drug-likeness (QED) is 0.536. The SMILES string of the molecule is COC(=O)c1ccc2c(c1)sc(=NC(=O)CSCC(=O)N1CCCc3ccccc31)n2C. The molecule has 0 spiro atoms. The lowest BCUT2D eigenvalue weighted by atomic mass is 10.0. The van der Waals surface area contributed by atoms with E-state index in [0.717, 1.165) is 28.7 Å². The van der Waals surface area contributed by atoms with Crippen LogP contribution in [0, 0.1) is 0 Å². The topological polar surface area (TPSA) is 81.0 Å². The average Bonchev–Trinajstić information content (AvgIpc) is 3.12. The Bertz CT molecular complexity index is 1260. The minimum atomic E-state index is -0.407. The molecule has 3 aromatic rings. The Morgan fingerprint density at radius 3 is 2.78 bits per heavy atom. The van der Waals surface area contributed by atoms with Crippen molar-refractivity contribution in [3.05, 3.63) is 58.4 Å². The first kappa shape index (κ1) is 22.3. The van der Waals surface area contributed by atoms with Crippen LogP contribution < -0.4 is 9.70 Å². The summed E-state index contributed by atoms with van der Waals surface area (Å²) in [5.74, 6) is -0.329. The maximum absolute atomic E-state index is 12.7. The highest BCUT2D eigenvalue weighted by molar-refractivity contribution is 8.00. The van der Waals surface area contributed by atoms with Crippen LogP contribution in [0.25, 0.3) is 10.2 Å². The first-order valence-electron chi connectivity index (χ1n) is 10.2. The molecule has 2 amide bonds. The fourth-order valence-electron chi connectivity index (χ4n) is 3.72. The van der Waals surface area contributed by atoms with Gasteiger partial charge in [-0.15, -0.1) is 11.8 Å². The van der Waals surface area contributed by atoms with Crippen LogP contribution in [0.5, 0.6) is 0 Å². The maximum Gasteiger partial charge on any atom is 0.337 e. The number of esters is 1. The van der Waals surface area contributed by atoms with Crippen molar-refractivity contribution in [3.8, 4) is 0 Å². The largest absolute Gasteiger partial charge is 0.465 e. The lowest BCUT2D eigenvalue weighted by Crippen LogP contribution is -2.36. The number of hydrogen-bond acceptors (Lipinski definition) is 6. The van der Waals surface area contributed by atoms with Gasteiger partial charge < -0.3 is 14.2 Å². The van der Waals surface area contributed by atoms with Crippen molar-refractivity contribution in [2.75, 3.05) is 30.1 Å². The number of hydrogen-bond donors (Lipinski definition) is 0. The molecule has 2 aromatic carbocycles. The zero-order chi connectivity index (χ0) is 22.7. The Kier molecular flexibility index (Phi) is 6.76. The van der Waals surface area contributed by atoms with E-state index in [9.17, 15) is 14.4 Å². The second-order valence-corrected chi connectivity index (χ2v) is 9.39. The number of benzene rings is 2. The second kappa shape index (κ2) is 9.70. The molecule has 0 aliphatic carbocycles. The number of thiazole rings is 1. The van der Waals surface area contributed by atoms with Gasteiger partial charge in [0.05, 0.1) is 34.4 Å². The molecule has 0 N–H and O–H groups in total. The molecule has 0 saturated carbocycles. The van der Waals surface area contributed by atoms with Gasteiger partial charge in [0.1, 0.15) is 0 Å². The van der Waals surface area contributed by atoms with Crippen LogP contribution in [-0.2, 0) is 27.8 Å². The predicted molar refractivity (Wildman–Crippen MR) is 127 cm³/mol. The van der Waals surface area contributed by atoms with Crippen LogP contribution in [0.4, 0.5) is 5.69 Å². The van der Waals surface area contributed by atoms with Crippen molar-refractivity contribution in [1.82, 2.24) is 4.57 Å². The normalized spacial score (nSPS) is 13.8. The molecule has 0 saturated heterocycles. The molecule has 0 radical (unpaired) electrons. The Balaban J connectivity index is 1.41. The summed E-state index contributed by atoms with van der Waals surface area (Å²) < 4.78 is 7.42. The molecule has 1 aliphatic rings. The van der Waals surface area contributed by atoms with E-state index < -0.39 is 5.97 Å². The smallest absolute Gasteiger partial charge is 0.337 e. The van der Waals surface area contributed by atoms with E-state index in [1.807, 2.05) is 40.8 Å². The van der Waals surface area contributed by atoms with E-state index in [0.29, 0.717) is 16.9 Å². The van der Waals surface area contributed by atoms with E-state index in [-0.39, 0.29) is 23.3 Å². The van der Waals surface area contributed by atoms with Gasteiger partial charge in [0.2, 0.25) is 5.91 Å². The third-order valence-electron chi connectivity index (χ3n) is 5.31. The average molecular weight is 470 g/mol. The van der Waals surface area contributed by atoms with Crippen molar-refractivity contribution in [1.29, 1.82) is 0 Å². The first-order valence-corrected chi connectivity index (χ1v) is 12.2. The maximum atomic E-state index is 12.7. The molecule has 32 heavy (non-hydrogen) atoms. The number of thioether (sulfide) groups is 1. The Morgan fingerprint density at radius 2 is 1.97 bits per heavy atom. The number of aryl methyl sites for hydroxylation is 2. The first-order chi connectivity index (χ1) is 15.5. The minimum Gasteiger partial charge on any atom is -0.465 e. The van der Waals surface area contributed by atoms with Gasteiger partial charge in [-0.2, -0.15) is 4.99 Å². The van der Waals surface area contributed by atoms with Crippen LogP contribution in [-0.4, -0.2) is 47.5 Å². The molecule has 0 bridgehead atoms. The van der Waals surface area contributed by atoms with E-state index in [4.69, 9.17) is 4.74 Å². The number of para-hydroxylation sites is 1. The number of carbonyl (C=O) groups is 3. The van der Waals surface area contributed by atoms with E-state index >= 15 is 0 Å². The van der Waals surface area contributed by atoms with Gasteiger partial charge in [-0.1, -0.05) is 29.5 Å². The van der Waals surface area contributed by atoms with Crippen molar-refractivity contribution < 1.29 is 19.1 Å². The summed E-state index contributed by atoms with van der Waals surface area (Å²) >= 11 is 2.61. The summed E-state index contributed by atoms with van der Waals surface area (Å²) in [6, 6.07) is 13.2. The summed E-state index contributed by atoms with van der Waals surface area (Å²) in [6.45, 7) is 0.708. The summed E-state index contributed by atoms with van der Waals surface area (Å²) in [5.41, 5.74) is 3.49. The summed E-state index contributed by atoms with van der Waals surface area (Å²) in [5, 5.41) is 0. The molecule has 2 heterocycles. The molecule has 0 fully saturated rings. The van der Waals surface area contributed by atoms with Gasteiger partial charge in [-0.3, -0.25) is 9.59 Å². The Labute approximate surface area is 193 Å². The predicted octanol–water partition coefficient (Wildman–Crippen LogP) is 3.17. The highest BCUT2D eigenvalue weighted by Crippen LogP contribution is 2.27. The van der Waals surface area contributed by atoms with Gasteiger partial charge in [-0.25, -0.2) is 4.79 Å². The molecule has 4 rings (SSSR count). The van der Waals surface area contributed by atoms with Crippen LogP contribution in [0.15, 0.2) is 47.5 Å². The standard InChI is InChI=1S/C23H23N3O4S2/c1-25-18-10-9-16(22(29)30-2)12-19(18)32-23(25)24-20(27)13-31-14-21(28)26-11-5-7-15-6-3-4-8-17(15)26/h3-4,6,8-10,12H,5,7,11,13-14H2,1-2H3. The second-order valence-electron chi connectivity index (χ2n) is 7.39. The number of carbonyl (C=O) groups excluding carboxylic acids is 3. The molecule has 0 unspecified atom stereocenters. The molecule has 166 valence electrons. The Morgan fingerprint density at radius 1 is 1.16 bits per heavy atom. The lowest BCUT2D eigenvalue weighted by molar-refractivity contribution is -0.116. The van der Waals surface area contributed by atoms with Gasteiger partial charge in [0.25, 0.3) is 5.91 Å². The van der Waals surface area contributed by atoms with E-state index in [1.165, 1.54) is 35.8 Å². The molecule has 1 aromatic heterocycles. The number of rotatable bonds is 5. The van der Waals surface area contributed by atoms with Crippen molar-refractivity contribution >= 4 is 56.8 Å². The third-order valence-corrected chi connectivity index (χ3v) is 7.31. The van der Waals surface area contributed by atoms with Gasteiger partial charge in [-0.05, 0) is 42.7 Å². The van der Waals surface area contributed by atoms with Gasteiger partial charge >= 0.3 is 5.97 Å². The number of nitrogens with zero attached hydrogens (tertiary/aromatic N) is 3. The minimum absolute atomic E-state index is 0.0118. The van der Waals surface area contributed by atoms with Gasteiger partial charge in [0, 0.05) is 19.3 Å². The molecular formula is C23H23N3O4S2. The zero-order valence-electron chi connectivity index (χ0n) is 17.9. The Hall–Kier alpha value is -2.91. The summed E-state index contributed by atoms with van der Waals surface area (Å²) in [7, 11) is 3.17. The van der Waals surface area contributed by atoms with Crippen LogP contribution in [0.3, 0.4) is 0 Å². The molecular weight excluding hydrogens is 446 g/mol. The zero-order valence-corrected chi connectivity index (χ0v) is 19.5. The number of methoxy groups -OCH3 is 1. The lowest BCUT2D eigenvalue weighted by Gasteiger charge is -2.29. The monoisotopic (exact) mass is 469 g/mol. The van der Waals surface area contributed by atoms with E-state index in [1.54, 1.807) is 12.1 Å². The van der Waals surface area contributed by atoms with Crippen molar-refractivity contribution in [2.45, 2.75) is 12.8 Å². The molecule has 9 heteroatoms. The molecule has 1 aliphatic heterocycles.